The Morgan fingerprint density at radius 2 is 2.00 bits per heavy atom. The van der Waals surface area contributed by atoms with Crippen LogP contribution in [0.15, 0.2) is 0 Å². The maximum absolute atomic E-state index is 5.85. The normalized spacial score (nSPS) is 10.7. The maximum atomic E-state index is 5.85. The average molecular weight is 202 g/mol. The standard InChI is InChI=1S/C9H16ClN3/c1-3-4-5-6-7-13-8(2)11-12-9(13)10/h3-7H2,1-2H3. The highest BCUT2D eigenvalue weighted by atomic mass is 35.5. The van der Waals surface area contributed by atoms with Crippen LogP contribution in [0.1, 0.15) is 38.4 Å². The van der Waals surface area contributed by atoms with Gasteiger partial charge in [0.2, 0.25) is 5.28 Å². The monoisotopic (exact) mass is 201 g/mol. The van der Waals surface area contributed by atoms with Gasteiger partial charge in [-0.05, 0) is 24.9 Å². The Kier molecular flexibility index (Phi) is 4.22. The second-order valence-corrected chi connectivity index (χ2v) is 3.57. The van der Waals surface area contributed by atoms with E-state index in [9.17, 15) is 0 Å². The van der Waals surface area contributed by atoms with Crippen LogP contribution in [-0.2, 0) is 6.54 Å². The van der Waals surface area contributed by atoms with Crippen LogP contribution in [-0.4, -0.2) is 14.8 Å². The molecule has 0 aliphatic rings. The molecule has 1 heterocycles. The molecule has 1 aromatic heterocycles. The summed E-state index contributed by atoms with van der Waals surface area (Å²) >= 11 is 5.85. The fourth-order valence-electron chi connectivity index (χ4n) is 1.31. The highest BCUT2D eigenvalue weighted by Crippen LogP contribution is 2.09. The van der Waals surface area contributed by atoms with Gasteiger partial charge < -0.3 is 4.57 Å². The molecule has 13 heavy (non-hydrogen) atoms. The summed E-state index contributed by atoms with van der Waals surface area (Å²) in [6.45, 7) is 5.08. The first-order valence-electron chi connectivity index (χ1n) is 4.81. The molecule has 0 saturated heterocycles. The second-order valence-electron chi connectivity index (χ2n) is 3.23. The van der Waals surface area contributed by atoms with Gasteiger partial charge >= 0.3 is 0 Å². The van der Waals surface area contributed by atoms with Gasteiger partial charge in [-0.2, -0.15) is 0 Å². The first-order valence-corrected chi connectivity index (χ1v) is 5.18. The Morgan fingerprint density at radius 3 is 2.54 bits per heavy atom. The topological polar surface area (TPSA) is 30.7 Å². The van der Waals surface area contributed by atoms with Crippen LogP contribution in [0.3, 0.4) is 0 Å². The van der Waals surface area contributed by atoms with Crippen molar-refractivity contribution in [2.24, 2.45) is 0 Å². The third-order valence-electron chi connectivity index (χ3n) is 2.13. The van der Waals surface area contributed by atoms with E-state index in [4.69, 9.17) is 11.6 Å². The summed E-state index contributed by atoms with van der Waals surface area (Å²) in [6, 6.07) is 0. The molecule has 0 N–H and O–H groups in total. The summed E-state index contributed by atoms with van der Waals surface area (Å²) in [4.78, 5) is 0. The predicted octanol–water partition coefficient (Wildman–Crippen LogP) is 2.82. The van der Waals surface area contributed by atoms with E-state index in [2.05, 4.69) is 17.1 Å². The summed E-state index contributed by atoms with van der Waals surface area (Å²) in [5, 5.41) is 8.20. The number of hydrogen-bond acceptors (Lipinski definition) is 2. The highest BCUT2D eigenvalue weighted by molar-refractivity contribution is 6.28. The van der Waals surface area contributed by atoms with Crippen LogP contribution in [0, 0.1) is 6.92 Å². The molecule has 0 radical (unpaired) electrons. The zero-order chi connectivity index (χ0) is 9.68. The lowest BCUT2D eigenvalue weighted by Crippen LogP contribution is -2.00. The molecule has 1 rings (SSSR count). The van der Waals surface area contributed by atoms with E-state index in [1.807, 2.05) is 11.5 Å². The van der Waals surface area contributed by atoms with E-state index in [1.54, 1.807) is 0 Å². The SMILES string of the molecule is CCCCCCn1c(C)nnc1Cl. The molecule has 0 aliphatic heterocycles. The Balaban J connectivity index is 2.36. The van der Waals surface area contributed by atoms with Crippen LogP contribution >= 0.6 is 11.6 Å². The molecule has 0 atom stereocenters. The molecule has 1 aromatic rings. The van der Waals surface area contributed by atoms with E-state index in [-0.39, 0.29) is 0 Å². The number of nitrogens with zero attached hydrogens (tertiary/aromatic N) is 3. The van der Waals surface area contributed by atoms with Crippen LogP contribution in [0.5, 0.6) is 0 Å². The van der Waals surface area contributed by atoms with Crippen molar-refractivity contribution >= 4 is 11.6 Å². The first kappa shape index (κ1) is 10.5. The van der Waals surface area contributed by atoms with Gasteiger partial charge in [-0.15, -0.1) is 10.2 Å². The quantitative estimate of drug-likeness (QED) is 0.686. The molecule has 0 unspecified atom stereocenters. The number of unbranched alkanes of at least 4 members (excludes halogenated alkanes) is 3. The van der Waals surface area contributed by atoms with Crippen LogP contribution in [0.25, 0.3) is 0 Å². The van der Waals surface area contributed by atoms with Gasteiger partial charge in [-0.25, -0.2) is 0 Å². The van der Waals surface area contributed by atoms with Crippen molar-refractivity contribution in [2.75, 3.05) is 0 Å². The van der Waals surface area contributed by atoms with Gasteiger partial charge in [0, 0.05) is 6.54 Å². The van der Waals surface area contributed by atoms with E-state index in [0.29, 0.717) is 5.28 Å². The fourth-order valence-corrected chi connectivity index (χ4v) is 1.55. The van der Waals surface area contributed by atoms with Gasteiger partial charge in [-0.3, -0.25) is 0 Å². The molecule has 0 aromatic carbocycles. The van der Waals surface area contributed by atoms with Crippen molar-refractivity contribution in [1.82, 2.24) is 14.8 Å². The smallest absolute Gasteiger partial charge is 0.225 e. The zero-order valence-electron chi connectivity index (χ0n) is 8.26. The first-order chi connectivity index (χ1) is 6.25. The number of hydrogen-bond donors (Lipinski definition) is 0. The van der Waals surface area contributed by atoms with Crippen molar-refractivity contribution in [3.63, 3.8) is 0 Å². The Morgan fingerprint density at radius 1 is 1.23 bits per heavy atom. The van der Waals surface area contributed by atoms with E-state index < -0.39 is 0 Å². The molecular formula is C9H16ClN3. The predicted molar refractivity (Wildman–Crippen MR) is 53.9 cm³/mol. The number of rotatable bonds is 5. The number of aryl methyl sites for hydroxylation is 1. The van der Waals surface area contributed by atoms with Crippen molar-refractivity contribution in [3.05, 3.63) is 11.1 Å². The van der Waals surface area contributed by atoms with E-state index >= 15 is 0 Å². The Labute approximate surface area is 84.1 Å². The largest absolute Gasteiger partial charge is 0.302 e. The molecule has 4 heteroatoms. The Hall–Kier alpha value is -0.570. The third kappa shape index (κ3) is 2.99. The van der Waals surface area contributed by atoms with E-state index in [1.165, 1.54) is 19.3 Å². The van der Waals surface area contributed by atoms with E-state index in [0.717, 1.165) is 18.8 Å². The number of halogens is 1. The minimum atomic E-state index is 0.508. The molecule has 0 fully saturated rings. The summed E-state index contributed by atoms with van der Waals surface area (Å²) in [5.74, 6) is 0.904. The summed E-state index contributed by atoms with van der Waals surface area (Å²) in [6.07, 6.45) is 4.96. The van der Waals surface area contributed by atoms with Gasteiger partial charge in [0.15, 0.2) is 0 Å². The van der Waals surface area contributed by atoms with Gasteiger partial charge in [0.25, 0.3) is 0 Å². The lowest BCUT2D eigenvalue weighted by atomic mass is 10.2. The van der Waals surface area contributed by atoms with Gasteiger partial charge in [0.05, 0.1) is 0 Å². The minimum Gasteiger partial charge on any atom is -0.302 e. The van der Waals surface area contributed by atoms with Crippen molar-refractivity contribution in [1.29, 1.82) is 0 Å². The van der Waals surface area contributed by atoms with Crippen LogP contribution in [0.2, 0.25) is 5.28 Å². The summed E-state index contributed by atoms with van der Waals surface area (Å²) in [7, 11) is 0. The minimum absolute atomic E-state index is 0.508. The van der Waals surface area contributed by atoms with Crippen molar-refractivity contribution in [3.8, 4) is 0 Å². The second kappa shape index (κ2) is 5.22. The van der Waals surface area contributed by atoms with Crippen molar-refractivity contribution < 1.29 is 0 Å². The highest BCUT2D eigenvalue weighted by Gasteiger charge is 2.04. The molecule has 3 nitrogen and oxygen atoms in total. The fraction of sp³-hybridized carbons (Fsp3) is 0.778. The molecule has 0 aliphatic carbocycles. The Bertz CT molecular complexity index is 238. The molecule has 0 bridgehead atoms. The lowest BCUT2D eigenvalue weighted by Gasteiger charge is -2.03. The van der Waals surface area contributed by atoms with Crippen LogP contribution < -0.4 is 0 Å². The molecule has 0 spiro atoms. The zero-order valence-corrected chi connectivity index (χ0v) is 9.01. The number of aromatic nitrogens is 3. The summed E-state index contributed by atoms with van der Waals surface area (Å²) in [5.41, 5.74) is 0. The maximum Gasteiger partial charge on any atom is 0.225 e. The molecular weight excluding hydrogens is 186 g/mol. The van der Waals surface area contributed by atoms with Gasteiger partial charge in [0.1, 0.15) is 5.82 Å². The van der Waals surface area contributed by atoms with Crippen molar-refractivity contribution in [2.45, 2.75) is 46.1 Å². The third-order valence-corrected chi connectivity index (χ3v) is 2.41. The van der Waals surface area contributed by atoms with Crippen LogP contribution in [0.4, 0.5) is 0 Å². The van der Waals surface area contributed by atoms with Gasteiger partial charge in [-0.1, -0.05) is 26.2 Å². The molecule has 74 valence electrons. The molecule has 0 amide bonds. The average Bonchev–Trinajstić information content (AvgIpc) is 2.42. The lowest BCUT2D eigenvalue weighted by molar-refractivity contribution is 0.573. The summed E-state index contributed by atoms with van der Waals surface area (Å²) < 4.78 is 1.96. The molecule has 0 saturated carbocycles.